The van der Waals surface area contributed by atoms with Gasteiger partial charge in [0.1, 0.15) is 5.69 Å². The number of hydrogen-bond acceptors (Lipinski definition) is 5. The van der Waals surface area contributed by atoms with Crippen LogP contribution in [0.15, 0.2) is 66.9 Å². The molecule has 8 nitrogen and oxygen atoms in total. The van der Waals surface area contributed by atoms with Crippen molar-refractivity contribution in [2.45, 2.75) is 0 Å². The van der Waals surface area contributed by atoms with E-state index in [0.717, 1.165) is 0 Å². The molecule has 0 unspecified atom stereocenters. The second-order valence-corrected chi connectivity index (χ2v) is 7.71. The second-order valence-electron chi connectivity index (χ2n) is 6.84. The number of rotatable bonds is 5. The number of nitrogens with one attached hydrogen (secondary N) is 1. The number of aromatic nitrogens is 1. The zero-order valence-electron chi connectivity index (χ0n) is 16.2. The minimum atomic E-state index is -0.556. The molecule has 32 heavy (non-hydrogen) atoms. The quantitative estimate of drug-likeness (QED) is 0.236. The summed E-state index contributed by atoms with van der Waals surface area (Å²) in [5, 5.41) is 14.3. The number of amides is 1. The summed E-state index contributed by atoms with van der Waals surface area (Å²) in [5.41, 5.74) is 7.27. The average molecular weight is 469 g/mol. The highest BCUT2D eigenvalue weighted by molar-refractivity contribution is 6.35. The number of pyridine rings is 1. The molecular formula is C22H14Cl2N4O4. The van der Waals surface area contributed by atoms with Crippen molar-refractivity contribution in [1.82, 2.24) is 4.40 Å². The van der Waals surface area contributed by atoms with Crippen molar-refractivity contribution in [1.29, 1.82) is 0 Å². The summed E-state index contributed by atoms with van der Waals surface area (Å²) in [7, 11) is 0. The van der Waals surface area contributed by atoms with Crippen molar-refractivity contribution in [3.63, 3.8) is 0 Å². The van der Waals surface area contributed by atoms with E-state index in [4.69, 9.17) is 28.9 Å². The molecule has 10 heteroatoms. The smallest absolute Gasteiger partial charge is 0.269 e. The van der Waals surface area contributed by atoms with Crippen LogP contribution in [0.5, 0.6) is 0 Å². The van der Waals surface area contributed by atoms with E-state index in [1.807, 2.05) is 0 Å². The monoisotopic (exact) mass is 468 g/mol. The standard InChI is InChI=1S/C22H14Cl2N4O4/c23-13-9-14(24)11-15(10-13)26-22(30)18-17-3-1-2-8-27(17)20(19(18)25)21(29)12-4-6-16(7-5-12)28(31)32/h1-11H,25H2,(H,26,30). The maximum Gasteiger partial charge on any atom is 0.269 e. The lowest BCUT2D eigenvalue weighted by atomic mass is 10.1. The largest absolute Gasteiger partial charge is 0.396 e. The van der Waals surface area contributed by atoms with Gasteiger partial charge in [-0.2, -0.15) is 0 Å². The van der Waals surface area contributed by atoms with E-state index in [-0.39, 0.29) is 28.2 Å². The van der Waals surface area contributed by atoms with E-state index < -0.39 is 16.6 Å². The Bertz CT molecular complexity index is 1380. The van der Waals surface area contributed by atoms with Crippen LogP contribution in [-0.4, -0.2) is 21.0 Å². The number of nitrogens with zero attached hydrogens (tertiary/aromatic N) is 2. The van der Waals surface area contributed by atoms with Crippen molar-refractivity contribution in [2.24, 2.45) is 0 Å². The van der Waals surface area contributed by atoms with Gasteiger partial charge in [0.15, 0.2) is 0 Å². The van der Waals surface area contributed by atoms with Crippen molar-refractivity contribution in [3.8, 4) is 0 Å². The van der Waals surface area contributed by atoms with Crippen LogP contribution < -0.4 is 11.1 Å². The molecule has 0 aliphatic rings. The lowest BCUT2D eigenvalue weighted by Crippen LogP contribution is -2.14. The molecule has 0 spiro atoms. The number of halogens is 2. The second kappa shape index (κ2) is 8.33. The maximum atomic E-state index is 13.2. The van der Waals surface area contributed by atoms with Gasteiger partial charge in [-0.3, -0.25) is 19.7 Å². The summed E-state index contributed by atoms with van der Waals surface area (Å²) in [4.78, 5) is 36.6. The van der Waals surface area contributed by atoms with Crippen molar-refractivity contribution in [3.05, 3.63) is 104 Å². The van der Waals surface area contributed by atoms with Crippen LogP contribution in [0.25, 0.3) is 5.52 Å². The molecule has 3 N–H and O–H groups in total. The molecule has 0 radical (unpaired) electrons. The van der Waals surface area contributed by atoms with Crippen LogP contribution in [-0.2, 0) is 0 Å². The molecule has 1 amide bonds. The lowest BCUT2D eigenvalue weighted by molar-refractivity contribution is -0.384. The SMILES string of the molecule is Nc1c(C(=O)Nc2cc(Cl)cc(Cl)c2)c2ccccn2c1C(=O)c1ccc([N+](=O)[O-])cc1. The van der Waals surface area contributed by atoms with Gasteiger partial charge in [-0.1, -0.05) is 29.3 Å². The van der Waals surface area contributed by atoms with Crippen molar-refractivity contribution in [2.75, 3.05) is 11.1 Å². The van der Waals surface area contributed by atoms with Gasteiger partial charge in [0.05, 0.1) is 21.7 Å². The first-order chi connectivity index (χ1) is 15.3. The number of nitro benzene ring substituents is 1. The fraction of sp³-hybridized carbons (Fsp3) is 0. The normalized spacial score (nSPS) is 10.8. The first-order valence-corrected chi connectivity index (χ1v) is 9.97. The number of carbonyl (C=O) groups excluding carboxylic acids is 2. The fourth-order valence-corrected chi connectivity index (χ4v) is 3.92. The number of benzene rings is 2. The van der Waals surface area contributed by atoms with E-state index in [1.165, 1.54) is 46.9 Å². The first-order valence-electron chi connectivity index (χ1n) is 9.21. The third-order valence-corrected chi connectivity index (χ3v) is 5.22. The topological polar surface area (TPSA) is 120 Å². The number of nitrogen functional groups attached to an aromatic ring is 1. The highest BCUT2D eigenvalue weighted by Crippen LogP contribution is 2.30. The molecule has 0 aliphatic carbocycles. The summed E-state index contributed by atoms with van der Waals surface area (Å²) < 4.78 is 1.51. The Balaban J connectivity index is 1.78. The molecule has 0 saturated heterocycles. The van der Waals surface area contributed by atoms with Gasteiger partial charge in [0.25, 0.3) is 11.6 Å². The van der Waals surface area contributed by atoms with Gasteiger partial charge < -0.3 is 15.5 Å². The van der Waals surface area contributed by atoms with Gasteiger partial charge in [-0.05, 0) is 42.5 Å². The minimum Gasteiger partial charge on any atom is -0.396 e. The minimum absolute atomic E-state index is 0.0230. The molecule has 2 heterocycles. The molecule has 0 fully saturated rings. The Hall–Kier alpha value is -3.88. The van der Waals surface area contributed by atoms with E-state index in [1.54, 1.807) is 24.4 Å². The molecular weight excluding hydrogens is 455 g/mol. The highest BCUT2D eigenvalue weighted by atomic mass is 35.5. The zero-order chi connectivity index (χ0) is 23.0. The molecule has 0 atom stereocenters. The Morgan fingerprint density at radius 1 is 1.00 bits per heavy atom. The van der Waals surface area contributed by atoms with Crippen LogP contribution in [0, 0.1) is 10.1 Å². The Morgan fingerprint density at radius 2 is 1.66 bits per heavy atom. The molecule has 4 rings (SSSR count). The van der Waals surface area contributed by atoms with Crippen LogP contribution in [0.3, 0.4) is 0 Å². The predicted octanol–water partition coefficient (Wildman–Crippen LogP) is 5.22. The van der Waals surface area contributed by atoms with Crippen LogP contribution in [0.4, 0.5) is 17.1 Å². The van der Waals surface area contributed by atoms with Gasteiger partial charge in [-0.25, -0.2) is 0 Å². The number of nitro groups is 1. The van der Waals surface area contributed by atoms with E-state index in [2.05, 4.69) is 5.32 Å². The molecule has 2 aromatic carbocycles. The van der Waals surface area contributed by atoms with E-state index in [9.17, 15) is 19.7 Å². The third-order valence-electron chi connectivity index (χ3n) is 4.78. The molecule has 160 valence electrons. The Morgan fingerprint density at radius 3 is 2.28 bits per heavy atom. The number of ketones is 1. The Kier molecular flexibility index (Phi) is 5.56. The van der Waals surface area contributed by atoms with Crippen molar-refractivity contribution < 1.29 is 14.5 Å². The van der Waals surface area contributed by atoms with Crippen LogP contribution >= 0.6 is 23.2 Å². The molecule has 2 aromatic heterocycles. The number of nitrogens with two attached hydrogens (primary N) is 1. The maximum absolute atomic E-state index is 13.2. The number of fused-ring (bicyclic) bond motifs is 1. The van der Waals surface area contributed by atoms with Gasteiger partial charge in [-0.15, -0.1) is 0 Å². The lowest BCUT2D eigenvalue weighted by Gasteiger charge is -2.07. The third kappa shape index (κ3) is 3.89. The van der Waals surface area contributed by atoms with Crippen molar-refractivity contribution >= 4 is 57.5 Å². The highest BCUT2D eigenvalue weighted by Gasteiger charge is 2.26. The molecule has 4 aromatic rings. The fourth-order valence-electron chi connectivity index (χ4n) is 3.39. The summed E-state index contributed by atoms with van der Waals surface area (Å²) in [5.74, 6) is -1.03. The first kappa shape index (κ1) is 21.4. The zero-order valence-corrected chi connectivity index (χ0v) is 17.7. The summed E-state index contributed by atoms with van der Waals surface area (Å²) in [6.45, 7) is 0. The Labute approximate surface area is 191 Å². The van der Waals surface area contributed by atoms with Gasteiger partial charge in [0, 0.05) is 39.6 Å². The van der Waals surface area contributed by atoms with E-state index in [0.29, 0.717) is 21.2 Å². The number of anilines is 2. The molecule has 0 aliphatic heterocycles. The number of non-ortho nitro benzene ring substituents is 1. The predicted molar refractivity (Wildman–Crippen MR) is 123 cm³/mol. The van der Waals surface area contributed by atoms with E-state index >= 15 is 0 Å². The summed E-state index contributed by atoms with van der Waals surface area (Å²) in [6.07, 6.45) is 1.61. The van der Waals surface area contributed by atoms with Gasteiger partial charge in [0.2, 0.25) is 5.78 Å². The van der Waals surface area contributed by atoms with Crippen LogP contribution in [0.2, 0.25) is 10.0 Å². The molecule has 0 bridgehead atoms. The summed E-state index contributed by atoms with van der Waals surface area (Å²) >= 11 is 12.0. The van der Waals surface area contributed by atoms with Gasteiger partial charge >= 0.3 is 0 Å². The van der Waals surface area contributed by atoms with Crippen LogP contribution in [0.1, 0.15) is 26.4 Å². The average Bonchev–Trinajstić information content (AvgIpc) is 3.04. The number of hydrogen-bond donors (Lipinski definition) is 2. The summed E-state index contributed by atoms with van der Waals surface area (Å²) in [6, 6.07) is 14.8. The molecule has 0 saturated carbocycles. The number of carbonyl (C=O) groups is 2.